The highest BCUT2D eigenvalue weighted by molar-refractivity contribution is 5.68. The highest BCUT2D eigenvalue weighted by atomic mass is 16.6. The van der Waals surface area contributed by atoms with Crippen molar-refractivity contribution in [2.75, 3.05) is 13.1 Å². The first-order valence-electron chi connectivity index (χ1n) is 6.53. The number of amides is 1. The van der Waals surface area contributed by atoms with E-state index in [-0.39, 0.29) is 18.1 Å². The predicted molar refractivity (Wildman–Crippen MR) is 64.6 cm³/mol. The zero-order valence-corrected chi connectivity index (χ0v) is 11.0. The summed E-state index contributed by atoms with van der Waals surface area (Å²) in [5, 5.41) is 10.0. The quantitative estimate of drug-likeness (QED) is 0.804. The van der Waals surface area contributed by atoms with E-state index in [0.29, 0.717) is 19.0 Å². The van der Waals surface area contributed by atoms with Crippen molar-refractivity contribution in [3.05, 3.63) is 0 Å². The second kappa shape index (κ2) is 4.48. The fourth-order valence-electron chi connectivity index (χ4n) is 2.38. The molecule has 1 aliphatic heterocycles. The van der Waals surface area contributed by atoms with Crippen LogP contribution in [0.5, 0.6) is 0 Å². The Hall–Kier alpha value is -0.770. The van der Waals surface area contributed by atoms with Crippen LogP contribution in [0.15, 0.2) is 0 Å². The predicted octanol–water partition coefficient (Wildman–Crippen LogP) is 2.01. The molecule has 2 fully saturated rings. The van der Waals surface area contributed by atoms with Crippen molar-refractivity contribution in [1.29, 1.82) is 0 Å². The first-order chi connectivity index (χ1) is 7.87. The number of rotatable bonds is 2. The van der Waals surface area contributed by atoms with Crippen molar-refractivity contribution < 1.29 is 14.6 Å². The number of aliphatic hydroxyl groups excluding tert-OH is 1. The van der Waals surface area contributed by atoms with Crippen molar-refractivity contribution in [2.45, 2.75) is 51.7 Å². The van der Waals surface area contributed by atoms with E-state index in [1.54, 1.807) is 4.90 Å². The molecule has 4 nitrogen and oxygen atoms in total. The average Bonchev–Trinajstić information content (AvgIpc) is 2.91. The lowest BCUT2D eigenvalue weighted by atomic mass is 9.98. The summed E-state index contributed by atoms with van der Waals surface area (Å²) in [7, 11) is 0. The van der Waals surface area contributed by atoms with E-state index >= 15 is 0 Å². The number of hydrogen-bond acceptors (Lipinski definition) is 3. The smallest absolute Gasteiger partial charge is 0.410 e. The SMILES string of the molecule is CC(C)(C)OC(=O)N1CC[C@H](C(O)C2CC2)C1. The van der Waals surface area contributed by atoms with E-state index in [1.807, 2.05) is 20.8 Å². The van der Waals surface area contributed by atoms with E-state index in [9.17, 15) is 9.90 Å². The molecule has 0 spiro atoms. The molecule has 1 amide bonds. The molecule has 1 saturated carbocycles. The Balaban J connectivity index is 1.82. The van der Waals surface area contributed by atoms with Gasteiger partial charge < -0.3 is 14.7 Å². The van der Waals surface area contributed by atoms with E-state index < -0.39 is 5.60 Å². The minimum absolute atomic E-state index is 0.220. The van der Waals surface area contributed by atoms with Crippen molar-refractivity contribution in [3.63, 3.8) is 0 Å². The summed E-state index contributed by atoms with van der Waals surface area (Å²) < 4.78 is 5.33. The Bertz CT molecular complexity index is 294. The number of carbonyl (C=O) groups is 1. The normalized spacial score (nSPS) is 27.1. The lowest BCUT2D eigenvalue weighted by Gasteiger charge is -2.25. The van der Waals surface area contributed by atoms with Crippen LogP contribution < -0.4 is 0 Å². The van der Waals surface area contributed by atoms with Gasteiger partial charge in [-0.2, -0.15) is 0 Å². The lowest BCUT2D eigenvalue weighted by molar-refractivity contribution is 0.0261. The summed E-state index contributed by atoms with van der Waals surface area (Å²) in [5.41, 5.74) is -0.440. The summed E-state index contributed by atoms with van der Waals surface area (Å²) in [6.07, 6.45) is 2.72. The minimum atomic E-state index is -0.440. The number of ether oxygens (including phenoxy) is 1. The molecule has 1 saturated heterocycles. The highest BCUT2D eigenvalue weighted by Gasteiger charge is 2.40. The molecule has 0 radical (unpaired) electrons. The number of aliphatic hydroxyl groups is 1. The zero-order valence-electron chi connectivity index (χ0n) is 11.0. The van der Waals surface area contributed by atoms with E-state index in [4.69, 9.17) is 4.74 Å². The van der Waals surface area contributed by atoms with Crippen molar-refractivity contribution >= 4 is 6.09 Å². The van der Waals surface area contributed by atoms with Gasteiger partial charge >= 0.3 is 6.09 Å². The fraction of sp³-hybridized carbons (Fsp3) is 0.923. The molecule has 2 atom stereocenters. The van der Waals surface area contributed by atoms with Gasteiger partial charge in [0.25, 0.3) is 0 Å². The molecule has 0 aromatic heterocycles. The zero-order chi connectivity index (χ0) is 12.6. The van der Waals surface area contributed by atoms with Gasteiger partial charge in [-0.15, -0.1) is 0 Å². The van der Waals surface area contributed by atoms with Crippen LogP contribution in [0, 0.1) is 11.8 Å². The molecule has 0 aromatic rings. The van der Waals surface area contributed by atoms with E-state index in [1.165, 1.54) is 0 Å². The first kappa shape index (κ1) is 12.7. The monoisotopic (exact) mass is 241 g/mol. The molecule has 1 unspecified atom stereocenters. The summed E-state index contributed by atoms with van der Waals surface area (Å²) in [6, 6.07) is 0. The maximum absolute atomic E-state index is 11.8. The molecule has 0 bridgehead atoms. The van der Waals surface area contributed by atoms with Crippen LogP contribution in [-0.4, -0.2) is 40.9 Å². The summed E-state index contributed by atoms with van der Waals surface area (Å²) >= 11 is 0. The van der Waals surface area contributed by atoms with E-state index in [0.717, 1.165) is 19.3 Å². The second-order valence-corrected chi connectivity index (χ2v) is 6.30. The van der Waals surface area contributed by atoms with Gasteiger partial charge in [-0.25, -0.2) is 4.79 Å². The van der Waals surface area contributed by atoms with Crippen LogP contribution in [0.1, 0.15) is 40.0 Å². The Morgan fingerprint density at radius 3 is 2.47 bits per heavy atom. The van der Waals surface area contributed by atoms with Gasteiger partial charge in [0.15, 0.2) is 0 Å². The number of hydrogen-bond donors (Lipinski definition) is 1. The lowest BCUT2D eigenvalue weighted by Crippen LogP contribution is -2.36. The minimum Gasteiger partial charge on any atom is -0.444 e. The Kier molecular flexibility index (Phi) is 3.34. The van der Waals surface area contributed by atoms with Gasteiger partial charge in [-0.05, 0) is 46.0 Å². The van der Waals surface area contributed by atoms with Gasteiger partial charge in [0.1, 0.15) is 5.60 Å². The van der Waals surface area contributed by atoms with Crippen LogP contribution >= 0.6 is 0 Å². The number of carbonyl (C=O) groups excluding carboxylic acids is 1. The largest absolute Gasteiger partial charge is 0.444 e. The maximum atomic E-state index is 11.8. The van der Waals surface area contributed by atoms with Gasteiger partial charge in [0, 0.05) is 19.0 Å². The average molecular weight is 241 g/mol. The van der Waals surface area contributed by atoms with Gasteiger partial charge in [-0.1, -0.05) is 0 Å². The Morgan fingerprint density at radius 2 is 1.94 bits per heavy atom. The van der Waals surface area contributed by atoms with Gasteiger partial charge in [0.05, 0.1) is 6.10 Å². The molecule has 1 heterocycles. The van der Waals surface area contributed by atoms with Gasteiger partial charge in [-0.3, -0.25) is 0 Å². The topological polar surface area (TPSA) is 49.8 Å². The van der Waals surface area contributed by atoms with Crippen molar-refractivity contribution in [2.24, 2.45) is 11.8 Å². The second-order valence-electron chi connectivity index (χ2n) is 6.30. The molecule has 2 aliphatic rings. The Labute approximate surface area is 103 Å². The van der Waals surface area contributed by atoms with Gasteiger partial charge in [0.2, 0.25) is 0 Å². The molecule has 4 heteroatoms. The summed E-state index contributed by atoms with van der Waals surface area (Å²) in [5.74, 6) is 0.730. The molecule has 17 heavy (non-hydrogen) atoms. The molecule has 1 N–H and O–H groups in total. The van der Waals surface area contributed by atoms with Crippen LogP contribution in [0.2, 0.25) is 0 Å². The molecule has 98 valence electrons. The molecule has 2 rings (SSSR count). The Morgan fingerprint density at radius 1 is 1.29 bits per heavy atom. The highest BCUT2D eigenvalue weighted by Crippen LogP contribution is 2.38. The summed E-state index contributed by atoms with van der Waals surface area (Å²) in [6.45, 7) is 6.97. The summed E-state index contributed by atoms with van der Waals surface area (Å²) in [4.78, 5) is 13.6. The molecule has 1 aliphatic carbocycles. The molecule has 0 aromatic carbocycles. The van der Waals surface area contributed by atoms with E-state index in [2.05, 4.69) is 0 Å². The number of likely N-dealkylation sites (tertiary alicyclic amines) is 1. The maximum Gasteiger partial charge on any atom is 0.410 e. The molecular formula is C13H23NO3. The first-order valence-corrected chi connectivity index (χ1v) is 6.53. The third-order valence-electron chi connectivity index (χ3n) is 3.46. The van der Waals surface area contributed by atoms with Crippen LogP contribution in [0.4, 0.5) is 4.79 Å². The van der Waals surface area contributed by atoms with Crippen LogP contribution in [-0.2, 0) is 4.74 Å². The van der Waals surface area contributed by atoms with Crippen LogP contribution in [0.25, 0.3) is 0 Å². The third-order valence-corrected chi connectivity index (χ3v) is 3.46. The van der Waals surface area contributed by atoms with Crippen molar-refractivity contribution in [3.8, 4) is 0 Å². The standard InChI is InChI=1S/C13H23NO3/c1-13(2,3)17-12(16)14-7-6-10(8-14)11(15)9-4-5-9/h9-11,15H,4-8H2,1-3H3/t10-,11?/m0/s1. The van der Waals surface area contributed by atoms with Crippen LogP contribution in [0.3, 0.4) is 0 Å². The van der Waals surface area contributed by atoms with Crippen molar-refractivity contribution in [1.82, 2.24) is 4.90 Å². The fourth-order valence-corrected chi connectivity index (χ4v) is 2.38. The third kappa shape index (κ3) is 3.35. The molecular weight excluding hydrogens is 218 g/mol. The number of nitrogens with zero attached hydrogens (tertiary/aromatic N) is 1.